The van der Waals surface area contributed by atoms with Gasteiger partial charge < -0.3 is 16.0 Å². The summed E-state index contributed by atoms with van der Waals surface area (Å²) in [6, 6.07) is 7.38. The van der Waals surface area contributed by atoms with Crippen molar-refractivity contribution in [2.45, 2.75) is 44.8 Å². The fourth-order valence-electron chi connectivity index (χ4n) is 3.16. The van der Waals surface area contributed by atoms with E-state index < -0.39 is 6.04 Å². The highest BCUT2D eigenvalue weighted by atomic mass is 35.5. The van der Waals surface area contributed by atoms with Crippen molar-refractivity contribution in [1.82, 2.24) is 15.1 Å². The van der Waals surface area contributed by atoms with Crippen LogP contribution in [0.1, 0.15) is 36.9 Å². The lowest BCUT2D eigenvalue weighted by Crippen LogP contribution is -2.56. The third-order valence-electron chi connectivity index (χ3n) is 5.18. The Morgan fingerprint density at radius 1 is 1.07 bits per heavy atom. The van der Waals surface area contributed by atoms with Gasteiger partial charge >= 0.3 is 0 Å². The second-order valence-corrected chi connectivity index (χ2v) is 7.21. The van der Waals surface area contributed by atoms with E-state index in [0.717, 1.165) is 24.0 Å². The van der Waals surface area contributed by atoms with E-state index in [-0.39, 0.29) is 42.7 Å². The first-order chi connectivity index (χ1) is 12.0. The first-order valence-electron chi connectivity index (χ1n) is 9.11. The normalized spacial score (nSPS) is 19.3. The molecule has 1 saturated carbocycles. The van der Waals surface area contributed by atoms with Gasteiger partial charge in [-0.2, -0.15) is 0 Å². The number of hydrogen-bond acceptors (Lipinski definition) is 4. The first kappa shape index (κ1) is 23.7. The van der Waals surface area contributed by atoms with E-state index in [1.165, 1.54) is 0 Å². The van der Waals surface area contributed by atoms with E-state index >= 15 is 0 Å². The first-order valence-corrected chi connectivity index (χ1v) is 9.11. The predicted molar refractivity (Wildman–Crippen MR) is 111 cm³/mol. The molecule has 2 amide bonds. The molecule has 1 aliphatic carbocycles. The number of benzene rings is 1. The zero-order valence-electron chi connectivity index (χ0n) is 15.9. The van der Waals surface area contributed by atoms with Crippen molar-refractivity contribution < 1.29 is 9.59 Å². The maximum atomic E-state index is 12.7. The Kier molecular flexibility index (Phi) is 9.02. The van der Waals surface area contributed by atoms with E-state index in [0.29, 0.717) is 32.2 Å². The number of piperazine rings is 1. The molecule has 1 heterocycles. The maximum absolute atomic E-state index is 12.7. The minimum absolute atomic E-state index is 0. The van der Waals surface area contributed by atoms with Gasteiger partial charge in [-0.1, -0.05) is 29.8 Å². The van der Waals surface area contributed by atoms with Crippen LogP contribution in [0, 0.1) is 6.92 Å². The summed E-state index contributed by atoms with van der Waals surface area (Å²) in [4.78, 5) is 28.8. The van der Waals surface area contributed by atoms with E-state index in [4.69, 9.17) is 5.73 Å². The third kappa shape index (κ3) is 6.07. The van der Waals surface area contributed by atoms with Crippen LogP contribution in [0.2, 0.25) is 0 Å². The van der Waals surface area contributed by atoms with Gasteiger partial charge in [0.05, 0.1) is 6.04 Å². The molecule has 0 spiro atoms. The number of hydrogen-bond donors (Lipinski definition) is 2. The highest BCUT2D eigenvalue weighted by Gasteiger charge is 2.32. The molecule has 2 atom stereocenters. The van der Waals surface area contributed by atoms with E-state index in [2.05, 4.69) is 10.2 Å². The zero-order chi connectivity index (χ0) is 18.0. The standard InChI is InChI=1S/C19H28N4O2.2ClH/c1-13-3-5-15(6-4-13)17(20)19(25)23-11-9-22(10-12-23)14(2)18(24)21-16-7-8-16;;/h3-6,14,16-17H,7-12,20H2,1-2H3,(H,21,24);2*1H. The van der Waals surface area contributed by atoms with E-state index in [9.17, 15) is 9.59 Å². The van der Waals surface area contributed by atoms with Crippen molar-refractivity contribution in [3.8, 4) is 0 Å². The van der Waals surface area contributed by atoms with Gasteiger partial charge in [0, 0.05) is 32.2 Å². The molecule has 1 aromatic rings. The molecule has 0 radical (unpaired) electrons. The Morgan fingerprint density at radius 3 is 2.15 bits per heavy atom. The molecule has 1 saturated heterocycles. The monoisotopic (exact) mass is 416 g/mol. The minimum Gasteiger partial charge on any atom is -0.352 e. The molecular weight excluding hydrogens is 387 g/mol. The van der Waals surface area contributed by atoms with Gasteiger partial charge in [0.1, 0.15) is 6.04 Å². The topological polar surface area (TPSA) is 78.7 Å². The molecule has 3 rings (SSSR count). The van der Waals surface area contributed by atoms with Crippen LogP contribution in [0.4, 0.5) is 0 Å². The fraction of sp³-hybridized carbons (Fsp3) is 0.579. The summed E-state index contributed by atoms with van der Waals surface area (Å²) in [5.41, 5.74) is 8.15. The lowest BCUT2D eigenvalue weighted by Gasteiger charge is -2.38. The summed E-state index contributed by atoms with van der Waals surface area (Å²) < 4.78 is 0. The number of carbonyl (C=O) groups excluding carboxylic acids is 2. The molecule has 2 unspecified atom stereocenters. The number of rotatable bonds is 5. The number of nitrogens with two attached hydrogens (primary N) is 1. The van der Waals surface area contributed by atoms with Crippen molar-refractivity contribution in [3.05, 3.63) is 35.4 Å². The summed E-state index contributed by atoms with van der Waals surface area (Å²) >= 11 is 0. The van der Waals surface area contributed by atoms with E-state index in [1.54, 1.807) is 0 Å². The molecule has 1 aliphatic heterocycles. The second kappa shape index (κ2) is 10.3. The Hall–Kier alpha value is -1.34. The number of carbonyl (C=O) groups is 2. The lowest BCUT2D eigenvalue weighted by molar-refractivity contribution is -0.135. The zero-order valence-corrected chi connectivity index (χ0v) is 17.5. The summed E-state index contributed by atoms with van der Waals surface area (Å²) in [6.45, 7) is 6.57. The van der Waals surface area contributed by atoms with Gasteiger partial charge in [-0.3, -0.25) is 14.5 Å². The largest absolute Gasteiger partial charge is 0.352 e. The van der Waals surface area contributed by atoms with Gasteiger partial charge in [-0.15, -0.1) is 24.8 Å². The van der Waals surface area contributed by atoms with Gasteiger partial charge in [0.2, 0.25) is 11.8 Å². The number of nitrogens with one attached hydrogen (secondary N) is 1. The highest BCUT2D eigenvalue weighted by Crippen LogP contribution is 2.20. The summed E-state index contributed by atoms with van der Waals surface area (Å²) in [5.74, 6) is 0.0530. The maximum Gasteiger partial charge on any atom is 0.244 e. The molecule has 1 aromatic carbocycles. The van der Waals surface area contributed by atoms with Crippen molar-refractivity contribution in [3.63, 3.8) is 0 Å². The average molecular weight is 417 g/mol. The van der Waals surface area contributed by atoms with Crippen LogP contribution in [0.15, 0.2) is 24.3 Å². The Labute approximate surface area is 173 Å². The Morgan fingerprint density at radius 2 is 1.63 bits per heavy atom. The minimum atomic E-state index is -0.622. The Bertz CT molecular complexity index is 629. The lowest BCUT2D eigenvalue weighted by atomic mass is 10.0. The molecule has 152 valence electrons. The Balaban J connectivity index is 0.00000182. The highest BCUT2D eigenvalue weighted by molar-refractivity contribution is 5.86. The van der Waals surface area contributed by atoms with Crippen molar-refractivity contribution in [2.24, 2.45) is 5.73 Å². The van der Waals surface area contributed by atoms with Crippen LogP contribution in [0.5, 0.6) is 0 Å². The van der Waals surface area contributed by atoms with Crippen LogP contribution in [0.3, 0.4) is 0 Å². The quantitative estimate of drug-likeness (QED) is 0.764. The summed E-state index contributed by atoms with van der Waals surface area (Å²) in [5, 5.41) is 3.05. The molecule has 0 bridgehead atoms. The predicted octanol–water partition coefficient (Wildman–Crippen LogP) is 1.65. The molecule has 8 heteroatoms. The van der Waals surface area contributed by atoms with Gasteiger partial charge in [-0.05, 0) is 32.3 Å². The van der Waals surface area contributed by atoms with Crippen molar-refractivity contribution in [2.75, 3.05) is 26.2 Å². The van der Waals surface area contributed by atoms with Crippen molar-refractivity contribution in [1.29, 1.82) is 0 Å². The number of amides is 2. The second-order valence-electron chi connectivity index (χ2n) is 7.21. The van der Waals surface area contributed by atoms with Crippen LogP contribution < -0.4 is 11.1 Å². The van der Waals surface area contributed by atoms with Crippen LogP contribution in [0.25, 0.3) is 0 Å². The van der Waals surface area contributed by atoms with Gasteiger partial charge in [-0.25, -0.2) is 0 Å². The van der Waals surface area contributed by atoms with Crippen LogP contribution >= 0.6 is 24.8 Å². The number of aryl methyl sites for hydroxylation is 1. The van der Waals surface area contributed by atoms with Gasteiger partial charge in [0.25, 0.3) is 0 Å². The van der Waals surface area contributed by atoms with Crippen LogP contribution in [-0.2, 0) is 9.59 Å². The molecule has 2 fully saturated rings. The van der Waals surface area contributed by atoms with E-state index in [1.807, 2.05) is 43.0 Å². The number of nitrogens with zero attached hydrogens (tertiary/aromatic N) is 2. The molecule has 6 nitrogen and oxygen atoms in total. The average Bonchev–Trinajstić information content (AvgIpc) is 3.44. The molecule has 0 aromatic heterocycles. The van der Waals surface area contributed by atoms with Crippen LogP contribution in [-0.4, -0.2) is 59.9 Å². The smallest absolute Gasteiger partial charge is 0.244 e. The number of halogens is 2. The summed E-state index contributed by atoms with van der Waals surface area (Å²) in [7, 11) is 0. The third-order valence-corrected chi connectivity index (χ3v) is 5.18. The van der Waals surface area contributed by atoms with Crippen molar-refractivity contribution >= 4 is 36.6 Å². The SMILES string of the molecule is Cc1ccc(C(N)C(=O)N2CCN(C(C)C(=O)NC3CC3)CC2)cc1.Cl.Cl. The fourth-order valence-corrected chi connectivity index (χ4v) is 3.16. The summed E-state index contributed by atoms with van der Waals surface area (Å²) in [6.07, 6.45) is 2.19. The molecule has 2 aliphatic rings. The molecular formula is C19H30Cl2N4O2. The van der Waals surface area contributed by atoms with Gasteiger partial charge in [0.15, 0.2) is 0 Å². The molecule has 27 heavy (non-hydrogen) atoms. The molecule has 3 N–H and O–H groups in total.